The van der Waals surface area contributed by atoms with Gasteiger partial charge in [-0.3, -0.25) is 0 Å². The van der Waals surface area contributed by atoms with E-state index in [-0.39, 0.29) is 6.04 Å². The fraction of sp³-hybridized carbons (Fsp3) is 0.444. The SMILES string of the molecule is CCc1cccc(CC)c1NC(N)=NC1CCn2ccnc2C1. The van der Waals surface area contributed by atoms with Crippen molar-refractivity contribution in [1.82, 2.24) is 9.55 Å². The predicted octanol–water partition coefficient (Wildman–Crippen LogP) is 2.75. The molecule has 0 fully saturated rings. The molecule has 1 atom stereocenters. The highest BCUT2D eigenvalue weighted by molar-refractivity contribution is 5.94. The summed E-state index contributed by atoms with van der Waals surface area (Å²) >= 11 is 0. The number of rotatable bonds is 4. The minimum Gasteiger partial charge on any atom is -0.370 e. The van der Waals surface area contributed by atoms with E-state index in [1.807, 2.05) is 12.4 Å². The van der Waals surface area contributed by atoms with Crippen LogP contribution in [0.25, 0.3) is 0 Å². The average molecular weight is 311 g/mol. The first-order valence-corrected chi connectivity index (χ1v) is 8.42. The first-order chi connectivity index (χ1) is 11.2. The zero-order chi connectivity index (χ0) is 16.2. The Labute approximate surface area is 137 Å². The fourth-order valence-electron chi connectivity index (χ4n) is 3.20. The second-order valence-corrected chi connectivity index (χ2v) is 5.98. The highest BCUT2D eigenvalue weighted by Crippen LogP contribution is 2.23. The quantitative estimate of drug-likeness (QED) is 0.674. The van der Waals surface area contributed by atoms with E-state index in [4.69, 9.17) is 10.7 Å². The number of aromatic nitrogens is 2. The second kappa shape index (κ2) is 6.86. The van der Waals surface area contributed by atoms with Gasteiger partial charge < -0.3 is 15.6 Å². The lowest BCUT2D eigenvalue weighted by molar-refractivity contribution is 0.465. The Hall–Kier alpha value is -2.30. The van der Waals surface area contributed by atoms with E-state index in [0.717, 1.165) is 43.7 Å². The first kappa shape index (κ1) is 15.6. The zero-order valence-electron chi connectivity index (χ0n) is 13.9. The number of aryl methyl sites for hydroxylation is 3. The molecule has 2 heterocycles. The topological polar surface area (TPSA) is 68.2 Å². The van der Waals surface area contributed by atoms with Gasteiger partial charge in [-0.1, -0.05) is 32.0 Å². The third kappa shape index (κ3) is 3.38. The number of nitrogens with one attached hydrogen (secondary N) is 1. The Morgan fingerprint density at radius 3 is 2.78 bits per heavy atom. The number of imidazole rings is 1. The molecule has 5 heteroatoms. The number of guanidine groups is 1. The summed E-state index contributed by atoms with van der Waals surface area (Å²) in [6, 6.07) is 6.60. The van der Waals surface area contributed by atoms with Crippen LogP contribution in [0.4, 0.5) is 5.69 Å². The Kier molecular flexibility index (Phi) is 4.65. The molecule has 1 unspecified atom stereocenters. The zero-order valence-corrected chi connectivity index (χ0v) is 13.9. The van der Waals surface area contributed by atoms with Gasteiger partial charge in [0.2, 0.25) is 0 Å². The van der Waals surface area contributed by atoms with Crippen molar-refractivity contribution in [3.63, 3.8) is 0 Å². The smallest absolute Gasteiger partial charge is 0.193 e. The second-order valence-electron chi connectivity index (χ2n) is 5.98. The third-order valence-electron chi connectivity index (χ3n) is 4.50. The van der Waals surface area contributed by atoms with E-state index in [1.165, 1.54) is 11.1 Å². The van der Waals surface area contributed by atoms with Gasteiger partial charge in [0.05, 0.1) is 6.04 Å². The van der Waals surface area contributed by atoms with Gasteiger partial charge in [-0.25, -0.2) is 9.98 Å². The minimum atomic E-state index is 0.205. The van der Waals surface area contributed by atoms with Crippen LogP contribution in [-0.2, 0) is 25.8 Å². The normalized spacial score (nSPS) is 17.8. The van der Waals surface area contributed by atoms with Gasteiger partial charge in [0.15, 0.2) is 5.96 Å². The molecule has 0 aliphatic carbocycles. The van der Waals surface area contributed by atoms with Gasteiger partial charge in [-0.05, 0) is 30.4 Å². The van der Waals surface area contributed by atoms with Gasteiger partial charge in [-0.15, -0.1) is 0 Å². The summed E-state index contributed by atoms with van der Waals surface area (Å²) in [5.74, 6) is 1.60. The Balaban J connectivity index is 1.76. The van der Waals surface area contributed by atoms with E-state index < -0.39 is 0 Å². The first-order valence-electron chi connectivity index (χ1n) is 8.42. The lowest BCUT2D eigenvalue weighted by Gasteiger charge is -2.21. The Bertz CT molecular complexity index is 679. The van der Waals surface area contributed by atoms with E-state index in [0.29, 0.717) is 5.96 Å². The monoisotopic (exact) mass is 311 g/mol. The number of para-hydroxylation sites is 1. The van der Waals surface area contributed by atoms with Crippen molar-refractivity contribution in [1.29, 1.82) is 0 Å². The molecule has 3 rings (SSSR count). The minimum absolute atomic E-state index is 0.205. The largest absolute Gasteiger partial charge is 0.370 e. The number of fused-ring (bicyclic) bond motifs is 1. The van der Waals surface area contributed by atoms with Crippen molar-refractivity contribution in [3.05, 3.63) is 47.5 Å². The summed E-state index contributed by atoms with van der Waals surface area (Å²) in [7, 11) is 0. The Morgan fingerprint density at radius 2 is 2.09 bits per heavy atom. The van der Waals surface area contributed by atoms with Crippen LogP contribution in [0.2, 0.25) is 0 Å². The molecular weight excluding hydrogens is 286 g/mol. The van der Waals surface area contributed by atoms with E-state index >= 15 is 0 Å². The van der Waals surface area contributed by atoms with Crippen molar-refractivity contribution in [2.24, 2.45) is 10.7 Å². The van der Waals surface area contributed by atoms with Crippen LogP contribution in [0.1, 0.15) is 37.2 Å². The predicted molar refractivity (Wildman–Crippen MR) is 94.8 cm³/mol. The summed E-state index contributed by atoms with van der Waals surface area (Å²) in [6.07, 6.45) is 7.69. The van der Waals surface area contributed by atoms with Crippen LogP contribution < -0.4 is 11.1 Å². The summed E-state index contributed by atoms with van der Waals surface area (Å²) in [6.45, 7) is 5.28. The highest BCUT2D eigenvalue weighted by atomic mass is 15.1. The van der Waals surface area contributed by atoms with Crippen molar-refractivity contribution >= 4 is 11.6 Å². The fourth-order valence-corrected chi connectivity index (χ4v) is 3.20. The molecule has 1 aliphatic heterocycles. The van der Waals surface area contributed by atoms with E-state index in [9.17, 15) is 0 Å². The standard InChI is InChI=1S/C18H25N5/c1-3-13-6-5-7-14(4-2)17(13)22-18(19)21-15-8-10-23-11-9-20-16(23)12-15/h5-7,9,11,15H,3-4,8,10,12H2,1-2H3,(H3,19,21,22). The molecule has 1 aliphatic rings. The molecule has 0 saturated carbocycles. The van der Waals surface area contributed by atoms with E-state index in [2.05, 4.69) is 46.9 Å². The van der Waals surface area contributed by atoms with Crippen molar-refractivity contribution in [3.8, 4) is 0 Å². The molecule has 23 heavy (non-hydrogen) atoms. The van der Waals surface area contributed by atoms with Crippen LogP contribution in [0.3, 0.4) is 0 Å². The molecule has 1 aromatic carbocycles. The van der Waals surface area contributed by atoms with Crippen LogP contribution in [0.5, 0.6) is 0 Å². The molecule has 1 aromatic heterocycles. The van der Waals surface area contributed by atoms with Gasteiger partial charge in [-0.2, -0.15) is 0 Å². The summed E-state index contributed by atoms with van der Waals surface area (Å²) in [5, 5.41) is 3.35. The van der Waals surface area contributed by atoms with Crippen molar-refractivity contribution in [2.75, 3.05) is 5.32 Å². The summed E-state index contributed by atoms with van der Waals surface area (Å²) in [5.41, 5.74) is 9.87. The molecule has 0 saturated heterocycles. The number of hydrogen-bond donors (Lipinski definition) is 2. The maximum Gasteiger partial charge on any atom is 0.193 e. The van der Waals surface area contributed by atoms with Crippen LogP contribution in [0.15, 0.2) is 35.6 Å². The molecule has 0 bridgehead atoms. The molecule has 2 aromatic rings. The molecular formula is C18H25N5. The van der Waals surface area contributed by atoms with Crippen molar-refractivity contribution in [2.45, 2.75) is 52.1 Å². The average Bonchev–Trinajstić information content (AvgIpc) is 3.02. The number of nitrogens with two attached hydrogens (primary N) is 1. The van der Waals surface area contributed by atoms with Gasteiger partial charge >= 0.3 is 0 Å². The molecule has 0 radical (unpaired) electrons. The molecule has 3 N–H and O–H groups in total. The summed E-state index contributed by atoms with van der Waals surface area (Å²) < 4.78 is 2.19. The van der Waals surface area contributed by atoms with Gasteiger partial charge in [0, 0.05) is 31.0 Å². The third-order valence-corrected chi connectivity index (χ3v) is 4.50. The molecule has 122 valence electrons. The summed E-state index contributed by atoms with van der Waals surface area (Å²) in [4.78, 5) is 9.08. The van der Waals surface area contributed by atoms with Crippen LogP contribution >= 0.6 is 0 Å². The van der Waals surface area contributed by atoms with E-state index in [1.54, 1.807) is 0 Å². The maximum absolute atomic E-state index is 6.19. The number of nitrogens with zero attached hydrogens (tertiary/aromatic N) is 3. The molecule has 5 nitrogen and oxygen atoms in total. The van der Waals surface area contributed by atoms with Crippen molar-refractivity contribution < 1.29 is 0 Å². The van der Waals surface area contributed by atoms with Gasteiger partial charge in [0.25, 0.3) is 0 Å². The maximum atomic E-state index is 6.19. The van der Waals surface area contributed by atoms with Crippen LogP contribution in [-0.4, -0.2) is 21.6 Å². The number of hydrogen-bond acceptors (Lipinski definition) is 2. The van der Waals surface area contributed by atoms with Crippen LogP contribution in [0, 0.1) is 0 Å². The molecule has 0 amide bonds. The number of aliphatic imine (C=N–C) groups is 1. The number of benzene rings is 1. The lowest BCUT2D eigenvalue weighted by Crippen LogP contribution is -2.29. The Morgan fingerprint density at radius 1 is 1.35 bits per heavy atom. The molecule has 0 spiro atoms. The highest BCUT2D eigenvalue weighted by Gasteiger charge is 2.19. The van der Waals surface area contributed by atoms with Gasteiger partial charge in [0.1, 0.15) is 5.82 Å². The number of anilines is 1. The lowest BCUT2D eigenvalue weighted by atomic mass is 10.0.